The summed E-state index contributed by atoms with van der Waals surface area (Å²) in [5.41, 5.74) is 1.50. The van der Waals surface area contributed by atoms with Gasteiger partial charge in [-0.05, 0) is 18.6 Å². The number of rotatable bonds is 4. The molecule has 1 amide bonds. The van der Waals surface area contributed by atoms with Crippen molar-refractivity contribution in [3.8, 4) is 11.1 Å². The molecule has 0 radical (unpaired) electrons. The van der Waals surface area contributed by atoms with Gasteiger partial charge in [-0.25, -0.2) is 4.79 Å². The van der Waals surface area contributed by atoms with Crippen LogP contribution >= 0.6 is 0 Å². The van der Waals surface area contributed by atoms with Crippen LogP contribution in [0.2, 0.25) is 0 Å². The number of hydrogen-bond acceptors (Lipinski definition) is 3. The molecule has 1 atom stereocenters. The maximum atomic E-state index is 12.3. The Labute approximate surface area is 116 Å². The van der Waals surface area contributed by atoms with E-state index in [0.717, 1.165) is 10.5 Å². The van der Waals surface area contributed by atoms with E-state index in [9.17, 15) is 9.59 Å². The van der Waals surface area contributed by atoms with Gasteiger partial charge in [0.1, 0.15) is 6.04 Å². The SMILES string of the molecule is CC(C(=O)O)N(C)C(=O)c1occc1-c1ccccc1. The summed E-state index contributed by atoms with van der Waals surface area (Å²) in [4.78, 5) is 24.4. The van der Waals surface area contributed by atoms with Gasteiger partial charge in [0.2, 0.25) is 0 Å². The number of benzene rings is 1. The van der Waals surface area contributed by atoms with Crippen LogP contribution in [0.15, 0.2) is 47.1 Å². The van der Waals surface area contributed by atoms with Crippen LogP contribution in [0.3, 0.4) is 0 Å². The number of nitrogens with zero attached hydrogens (tertiary/aromatic N) is 1. The first-order valence-corrected chi connectivity index (χ1v) is 6.15. The van der Waals surface area contributed by atoms with Gasteiger partial charge in [0, 0.05) is 12.6 Å². The van der Waals surface area contributed by atoms with Crippen molar-refractivity contribution in [3.63, 3.8) is 0 Å². The van der Waals surface area contributed by atoms with Crippen LogP contribution in [0.25, 0.3) is 11.1 Å². The summed E-state index contributed by atoms with van der Waals surface area (Å²) in [7, 11) is 1.44. The van der Waals surface area contributed by atoms with Gasteiger partial charge in [-0.3, -0.25) is 4.79 Å². The van der Waals surface area contributed by atoms with Crippen molar-refractivity contribution in [2.45, 2.75) is 13.0 Å². The molecule has 104 valence electrons. The van der Waals surface area contributed by atoms with E-state index in [4.69, 9.17) is 9.52 Å². The van der Waals surface area contributed by atoms with Crippen molar-refractivity contribution in [1.29, 1.82) is 0 Å². The minimum Gasteiger partial charge on any atom is -0.480 e. The molecule has 20 heavy (non-hydrogen) atoms. The highest BCUT2D eigenvalue weighted by atomic mass is 16.4. The van der Waals surface area contributed by atoms with Gasteiger partial charge in [-0.15, -0.1) is 0 Å². The fourth-order valence-corrected chi connectivity index (χ4v) is 1.82. The third kappa shape index (κ3) is 2.56. The van der Waals surface area contributed by atoms with Crippen LogP contribution in [-0.2, 0) is 4.79 Å². The number of carboxylic acid groups (broad SMARTS) is 1. The van der Waals surface area contributed by atoms with E-state index in [-0.39, 0.29) is 5.76 Å². The molecule has 0 aliphatic carbocycles. The Morgan fingerprint density at radius 1 is 1.20 bits per heavy atom. The van der Waals surface area contributed by atoms with Crippen LogP contribution in [0, 0.1) is 0 Å². The molecule has 1 unspecified atom stereocenters. The molecule has 0 saturated carbocycles. The second-order valence-corrected chi connectivity index (χ2v) is 4.46. The number of carbonyl (C=O) groups excluding carboxylic acids is 1. The number of amides is 1. The summed E-state index contributed by atoms with van der Waals surface area (Å²) < 4.78 is 5.25. The Hall–Kier alpha value is -2.56. The molecule has 2 aromatic rings. The minimum atomic E-state index is -1.06. The van der Waals surface area contributed by atoms with E-state index < -0.39 is 17.9 Å². The maximum Gasteiger partial charge on any atom is 0.326 e. The zero-order chi connectivity index (χ0) is 14.7. The third-order valence-electron chi connectivity index (χ3n) is 3.20. The summed E-state index contributed by atoms with van der Waals surface area (Å²) in [6.45, 7) is 1.45. The van der Waals surface area contributed by atoms with E-state index in [1.807, 2.05) is 30.3 Å². The lowest BCUT2D eigenvalue weighted by molar-refractivity contribution is -0.141. The predicted molar refractivity (Wildman–Crippen MR) is 73.3 cm³/mol. The number of furan rings is 1. The summed E-state index contributed by atoms with van der Waals surface area (Å²) in [6, 6.07) is 10.1. The molecule has 5 nitrogen and oxygen atoms in total. The molecular formula is C15H15NO4. The van der Waals surface area contributed by atoms with E-state index in [1.54, 1.807) is 6.07 Å². The Balaban J connectivity index is 2.33. The van der Waals surface area contributed by atoms with Gasteiger partial charge < -0.3 is 14.4 Å². The summed E-state index contributed by atoms with van der Waals surface area (Å²) >= 11 is 0. The molecule has 0 fully saturated rings. The van der Waals surface area contributed by atoms with Crippen LogP contribution in [-0.4, -0.2) is 35.0 Å². The van der Waals surface area contributed by atoms with Gasteiger partial charge in [0.15, 0.2) is 5.76 Å². The quantitative estimate of drug-likeness (QED) is 0.929. The highest BCUT2D eigenvalue weighted by Gasteiger charge is 2.26. The maximum absolute atomic E-state index is 12.3. The Bertz CT molecular complexity index is 618. The lowest BCUT2D eigenvalue weighted by Gasteiger charge is -2.20. The van der Waals surface area contributed by atoms with Crippen molar-refractivity contribution >= 4 is 11.9 Å². The largest absolute Gasteiger partial charge is 0.480 e. The van der Waals surface area contributed by atoms with Crippen molar-refractivity contribution in [3.05, 3.63) is 48.4 Å². The van der Waals surface area contributed by atoms with Crippen molar-refractivity contribution in [2.75, 3.05) is 7.05 Å². The first kappa shape index (κ1) is 13.9. The number of likely N-dealkylation sites (N-methyl/N-ethyl adjacent to an activating group) is 1. The van der Waals surface area contributed by atoms with Gasteiger partial charge in [-0.2, -0.15) is 0 Å². The fraction of sp³-hybridized carbons (Fsp3) is 0.200. The van der Waals surface area contributed by atoms with Crippen molar-refractivity contribution in [2.24, 2.45) is 0 Å². The normalized spacial score (nSPS) is 11.9. The molecule has 1 N–H and O–H groups in total. The molecule has 0 saturated heterocycles. The first-order chi connectivity index (χ1) is 9.52. The number of carbonyl (C=O) groups is 2. The van der Waals surface area contributed by atoms with E-state index in [2.05, 4.69) is 0 Å². The average Bonchev–Trinajstić information content (AvgIpc) is 2.95. The van der Waals surface area contributed by atoms with Gasteiger partial charge in [0.05, 0.1) is 6.26 Å². The molecular weight excluding hydrogens is 258 g/mol. The predicted octanol–water partition coefficient (Wildman–Crippen LogP) is 2.49. The van der Waals surface area contributed by atoms with Crippen molar-refractivity contribution in [1.82, 2.24) is 4.90 Å². The van der Waals surface area contributed by atoms with Gasteiger partial charge in [-0.1, -0.05) is 30.3 Å². The topological polar surface area (TPSA) is 70.8 Å². The number of aliphatic carboxylic acids is 1. The van der Waals surface area contributed by atoms with Crippen LogP contribution in [0.1, 0.15) is 17.5 Å². The van der Waals surface area contributed by atoms with Gasteiger partial charge >= 0.3 is 5.97 Å². The van der Waals surface area contributed by atoms with Gasteiger partial charge in [0.25, 0.3) is 5.91 Å². The second kappa shape index (κ2) is 5.61. The Kier molecular flexibility index (Phi) is 3.89. The lowest BCUT2D eigenvalue weighted by Crippen LogP contribution is -2.40. The van der Waals surface area contributed by atoms with E-state index >= 15 is 0 Å². The summed E-state index contributed by atoms with van der Waals surface area (Å²) in [6.07, 6.45) is 1.43. The Morgan fingerprint density at radius 2 is 1.85 bits per heavy atom. The zero-order valence-corrected chi connectivity index (χ0v) is 11.2. The molecule has 0 spiro atoms. The monoisotopic (exact) mass is 273 g/mol. The smallest absolute Gasteiger partial charge is 0.326 e. The zero-order valence-electron chi connectivity index (χ0n) is 11.2. The fourth-order valence-electron chi connectivity index (χ4n) is 1.82. The second-order valence-electron chi connectivity index (χ2n) is 4.46. The van der Waals surface area contributed by atoms with Crippen LogP contribution in [0.5, 0.6) is 0 Å². The Morgan fingerprint density at radius 3 is 2.45 bits per heavy atom. The highest BCUT2D eigenvalue weighted by molar-refractivity contribution is 5.99. The molecule has 0 aliphatic rings. The lowest BCUT2D eigenvalue weighted by atomic mass is 10.1. The molecule has 2 rings (SSSR count). The van der Waals surface area contributed by atoms with Crippen molar-refractivity contribution < 1.29 is 19.1 Å². The van der Waals surface area contributed by atoms with E-state index in [0.29, 0.717) is 5.56 Å². The molecule has 1 aromatic heterocycles. The number of hydrogen-bond donors (Lipinski definition) is 1. The number of carboxylic acids is 1. The molecule has 0 bridgehead atoms. The third-order valence-corrected chi connectivity index (χ3v) is 3.20. The summed E-state index contributed by atoms with van der Waals surface area (Å²) in [5.74, 6) is -1.37. The minimum absolute atomic E-state index is 0.145. The van der Waals surface area contributed by atoms with Crippen LogP contribution < -0.4 is 0 Å². The molecule has 5 heteroatoms. The first-order valence-electron chi connectivity index (χ1n) is 6.15. The standard InChI is InChI=1S/C15H15NO4/c1-10(15(18)19)16(2)14(17)13-12(8-9-20-13)11-6-4-3-5-7-11/h3-10H,1-2H3,(H,18,19). The van der Waals surface area contributed by atoms with Crippen LogP contribution in [0.4, 0.5) is 0 Å². The summed E-state index contributed by atoms with van der Waals surface area (Å²) in [5, 5.41) is 8.96. The highest BCUT2D eigenvalue weighted by Crippen LogP contribution is 2.25. The van der Waals surface area contributed by atoms with E-state index in [1.165, 1.54) is 20.2 Å². The molecule has 1 aromatic carbocycles. The molecule has 1 heterocycles. The average molecular weight is 273 g/mol. The molecule has 0 aliphatic heterocycles.